The molecule has 0 saturated heterocycles. The molecule has 0 aromatic carbocycles. The third kappa shape index (κ3) is 4.41. The van der Waals surface area contributed by atoms with E-state index < -0.39 is 12.0 Å². The lowest BCUT2D eigenvalue weighted by Gasteiger charge is -2.30. The Balaban J connectivity index is 1.70. The van der Waals surface area contributed by atoms with E-state index in [-0.39, 0.29) is 18.9 Å². The van der Waals surface area contributed by atoms with Crippen LogP contribution in [0.2, 0.25) is 0 Å². The summed E-state index contributed by atoms with van der Waals surface area (Å²) in [6.07, 6.45) is -1.73. The molecule has 0 saturated carbocycles. The van der Waals surface area contributed by atoms with Crippen LogP contribution in [0.4, 0.5) is 24.9 Å². The molecule has 0 atom stereocenters. The zero-order chi connectivity index (χ0) is 22.9. The molecule has 0 bridgehead atoms. The normalized spacial score (nSPS) is 14.1. The van der Waals surface area contributed by atoms with Crippen LogP contribution < -0.4 is 9.80 Å². The highest BCUT2D eigenvalue weighted by Crippen LogP contribution is 2.36. The minimum atomic E-state index is -4.52. The van der Waals surface area contributed by atoms with Gasteiger partial charge in [0.25, 0.3) is 0 Å². The molecule has 12 heteroatoms. The Hall–Kier alpha value is -2.76. The van der Waals surface area contributed by atoms with Gasteiger partial charge in [0.2, 0.25) is 11.8 Å². The summed E-state index contributed by atoms with van der Waals surface area (Å²) in [6, 6.07) is 2.10. The lowest BCUT2D eigenvalue weighted by molar-refractivity contribution is -0.147. The Morgan fingerprint density at radius 3 is 2.78 bits per heavy atom. The van der Waals surface area contributed by atoms with Gasteiger partial charge in [-0.3, -0.25) is 0 Å². The van der Waals surface area contributed by atoms with Gasteiger partial charge in [-0.15, -0.1) is 21.5 Å². The van der Waals surface area contributed by atoms with E-state index in [0.29, 0.717) is 19.0 Å². The van der Waals surface area contributed by atoms with E-state index >= 15 is 0 Å². The van der Waals surface area contributed by atoms with Gasteiger partial charge >= 0.3 is 6.18 Å². The van der Waals surface area contributed by atoms with Crippen molar-refractivity contribution in [2.24, 2.45) is 4.99 Å². The standard InChI is InChI=1S/C20H25F3N8S/c1-4-6-13-11-14-16(25-19(26-17(14)32-13)29(3)8-5-7-24-2)30-9-10-31-15(12-30)27-28-18(31)20(21,22)23/h11H,2,4-10,12H2,1,3H3. The van der Waals surface area contributed by atoms with Crippen LogP contribution in [0, 0.1) is 0 Å². The topological polar surface area (TPSA) is 75.3 Å². The van der Waals surface area contributed by atoms with Crippen LogP contribution in [0.3, 0.4) is 0 Å². The Bertz CT molecular complexity index is 1110. The van der Waals surface area contributed by atoms with Crippen molar-refractivity contribution >= 4 is 40.0 Å². The average Bonchev–Trinajstić information content (AvgIpc) is 3.36. The highest BCUT2D eigenvalue weighted by molar-refractivity contribution is 7.18. The van der Waals surface area contributed by atoms with Crippen molar-refractivity contribution in [3.05, 3.63) is 22.6 Å². The van der Waals surface area contributed by atoms with Crippen LogP contribution in [-0.2, 0) is 25.7 Å². The first-order valence-electron chi connectivity index (χ1n) is 10.5. The molecular formula is C20H25F3N8S. The number of alkyl halides is 3. The van der Waals surface area contributed by atoms with Crippen molar-refractivity contribution in [1.29, 1.82) is 0 Å². The monoisotopic (exact) mass is 466 g/mol. The van der Waals surface area contributed by atoms with E-state index in [1.54, 1.807) is 11.3 Å². The molecule has 1 aliphatic heterocycles. The van der Waals surface area contributed by atoms with Gasteiger partial charge in [0.1, 0.15) is 10.6 Å². The third-order valence-electron chi connectivity index (χ3n) is 5.37. The molecule has 4 rings (SSSR count). The molecule has 0 aliphatic carbocycles. The second kappa shape index (κ2) is 9.00. The van der Waals surface area contributed by atoms with Gasteiger partial charge in [0.05, 0.1) is 11.9 Å². The summed E-state index contributed by atoms with van der Waals surface area (Å²) in [5, 5.41) is 8.11. The van der Waals surface area contributed by atoms with E-state index in [1.807, 2.05) is 16.8 Å². The SMILES string of the molecule is C=NCCCN(C)c1nc(N2CCn3c(nnc3C(F)(F)F)C2)c2cc(CCC)sc2n1. The highest BCUT2D eigenvalue weighted by atomic mass is 32.1. The molecule has 0 radical (unpaired) electrons. The fraction of sp³-hybridized carbons (Fsp3) is 0.550. The molecule has 1 aliphatic rings. The third-order valence-corrected chi connectivity index (χ3v) is 6.45. The quantitative estimate of drug-likeness (QED) is 0.371. The summed E-state index contributed by atoms with van der Waals surface area (Å²) in [5.41, 5.74) is 0. The molecule has 0 N–H and O–H groups in total. The molecule has 3 aromatic rings. The van der Waals surface area contributed by atoms with Crippen LogP contribution in [0.25, 0.3) is 10.2 Å². The second-order valence-corrected chi connectivity index (χ2v) is 8.88. The highest BCUT2D eigenvalue weighted by Gasteiger charge is 2.39. The number of aromatic nitrogens is 5. The number of anilines is 2. The van der Waals surface area contributed by atoms with Gasteiger partial charge in [-0.05, 0) is 25.6 Å². The predicted octanol–water partition coefficient (Wildman–Crippen LogP) is 3.80. The van der Waals surface area contributed by atoms with E-state index in [0.717, 1.165) is 46.4 Å². The van der Waals surface area contributed by atoms with Crippen molar-refractivity contribution in [3.8, 4) is 0 Å². The molecule has 0 unspecified atom stereocenters. The number of fused-ring (bicyclic) bond motifs is 2. The smallest absolute Gasteiger partial charge is 0.347 e. The first-order chi connectivity index (χ1) is 15.3. The van der Waals surface area contributed by atoms with Crippen LogP contribution in [0.1, 0.15) is 36.3 Å². The molecule has 3 aromatic heterocycles. The average molecular weight is 467 g/mol. The maximum Gasteiger partial charge on any atom is 0.451 e. The summed E-state index contributed by atoms with van der Waals surface area (Å²) in [7, 11) is 1.93. The number of hydrogen-bond acceptors (Lipinski definition) is 8. The lowest BCUT2D eigenvalue weighted by Crippen LogP contribution is -2.36. The summed E-state index contributed by atoms with van der Waals surface area (Å²) in [4.78, 5) is 19.5. The Labute approximate surface area is 187 Å². The second-order valence-electron chi connectivity index (χ2n) is 7.76. The fourth-order valence-corrected chi connectivity index (χ4v) is 4.91. The van der Waals surface area contributed by atoms with E-state index in [2.05, 4.69) is 34.9 Å². The van der Waals surface area contributed by atoms with Crippen LogP contribution in [-0.4, -0.2) is 58.1 Å². The summed E-state index contributed by atoms with van der Waals surface area (Å²) in [5.74, 6) is 0.646. The van der Waals surface area contributed by atoms with E-state index in [1.165, 1.54) is 4.88 Å². The molecule has 8 nitrogen and oxygen atoms in total. The first kappa shape index (κ1) is 22.4. The largest absolute Gasteiger partial charge is 0.451 e. The summed E-state index contributed by atoms with van der Waals surface area (Å²) < 4.78 is 40.8. The van der Waals surface area contributed by atoms with Crippen LogP contribution in [0.15, 0.2) is 11.1 Å². The number of nitrogens with zero attached hydrogens (tertiary/aromatic N) is 8. The zero-order valence-electron chi connectivity index (χ0n) is 18.1. The molecule has 4 heterocycles. The maximum atomic E-state index is 13.2. The molecule has 0 fully saturated rings. The number of aliphatic imine (C=N–C) groups is 1. The van der Waals surface area contributed by atoms with Crippen molar-refractivity contribution in [1.82, 2.24) is 24.7 Å². The predicted molar refractivity (Wildman–Crippen MR) is 120 cm³/mol. The fourth-order valence-electron chi connectivity index (χ4n) is 3.79. The van der Waals surface area contributed by atoms with Gasteiger partial charge in [-0.2, -0.15) is 18.2 Å². The number of halogens is 3. The molecule has 32 heavy (non-hydrogen) atoms. The molecular weight excluding hydrogens is 441 g/mol. The van der Waals surface area contributed by atoms with Gasteiger partial charge in [0.15, 0.2) is 5.82 Å². The van der Waals surface area contributed by atoms with Crippen molar-refractivity contribution in [2.75, 3.05) is 36.5 Å². The number of hydrogen-bond donors (Lipinski definition) is 0. The minimum absolute atomic E-state index is 0.144. The van der Waals surface area contributed by atoms with Crippen molar-refractivity contribution in [3.63, 3.8) is 0 Å². The van der Waals surface area contributed by atoms with Gasteiger partial charge in [-0.25, -0.2) is 4.98 Å². The number of rotatable bonds is 8. The van der Waals surface area contributed by atoms with Gasteiger partial charge in [-0.1, -0.05) is 13.3 Å². The summed E-state index contributed by atoms with van der Waals surface area (Å²) >= 11 is 1.64. The van der Waals surface area contributed by atoms with E-state index in [9.17, 15) is 13.2 Å². The van der Waals surface area contributed by atoms with Crippen LogP contribution >= 0.6 is 11.3 Å². The van der Waals surface area contributed by atoms with E-state index in [4.69, 9.17) is 9.97 Å². The lowest BCUT2D eigenvalue weighted by atomic mass is 10.2. The molecule has 172 valence electrons. The minimum Gasteiger partial charge on any atom is -0.347 e. The number of thiophene rings is 1. The van der Waals surface area contributed by atoms with Crippen LogP contribution in [0.5, 0.6) is 0 Å². The Morgan fingerprint density at radius 1 is 1.25 bits per heavy atom. The van der Waals surface area contributed by atoms with Crippen molar-refractivity contribution in [2.45, 2.75) is 45.5 Å². The zero-order valence-corrected chi connectivity index (χ0v) is 18.9. The van der Waals surface area contributed by atoms with Crippen molar-refractivity contribution < 1.29 is 13.2 Å². The molecule has 0 spiro atoms. The first-order valence-corrected chi connectivity index (χ1v) is 11.3. The Kier molecular flexibility index (Phi) is 6.31. The number of aryl methyl sites for hydroxylation is 1. The summed E-state index contributed by atoms with van der Waals surface area (Å²) in [6.45, 7) is 7.74. The van der Waals surface area contributed by atoms with Gasteiger partial charge < -0.3 is 19.4 Å². The molecule has 0 amide bonds. The Morgan fingerprint density at radius 2 is 2.06 bits per heavy atom. The van der Waals surface area contributed by atoms with Gasteiger partial charge in [0, 0.05) is 38.1 Å². The maximum absolute atomic E-state index is 13.2.